The number of fused-ring (bicyclic) bond motifs is 7. The fraction of sp³-hybridized carbons (Fsp3) is 0.845. The zero-order valence-corrected chi connectivity index (χ0v) is 48.1. The van der Waals surface area contributed by atoms with Gasteiger partial charge in [-0.2, -0.15) is 0 Å². The van der Waals surface area contributed by atoms with Crippen LogP contribution in [0.5, 0.6) is 0 Å². The van der Waals surface area contributed by atoms with Crippen molar-refractivity contribution >= 4 is 17.7 Å². The lowest BCUT2D eigenvalue weighted by molar-refractivity contribution is -0.387. The Morgan fingerprint density at radius 1 is 0.667 bits per heavy atom. The maximum Gasteiger partial charge on any atom is 0.335 e. The Bertz CT molecular complexity index is 2410. The number of rotatable bonds is 16. The van der Waals surface area contributed by atoms with Crippen LogP contribution in [-0.2, 0) is 47.5 Å². The lowest BCUT2D eigenvalue weighted by Crippen LogP contribution is -2.75. The van der Waals surface area contributed by atoms with Gasteiger partial charge in [0, 0.05) is 28.7 Å². The number of Topliss-reactive ketones (excluding diaryl/α,β-unsaturated/α-hetero) is 1. The zero-order valence-electron chi connectivity index (χ0n) is 48.1. The van der Waals surface area contributed by atoms with Gasteiger partial charge in [0.05, 0.1) is 50.2 Å². The highest BCUT2D eigenvalue weighted by molar-refractivity contribution is 5.95. The van der Waals surface area contributed by atoms with E-state index in [-0.39, 0.29) is 30.5 Å². The van der Waals surface area contributed by atoms with Crippen molar-refractivity contribution in [1.29, 1.82) is 0 Å². The number of aliphatic hydroxyl groups is 12. The molecule has 81 heavy (non-hydrogen) atoms. The summed E-state index contributed by atoms with van der Waals surface area (Å²) in [5, 5.41) is 146. The molecular weight excluding hydrogens is 1060 g/mol. The van der Waals surface area contributed by atoms with Crippen molar-refractivity contribution in [2.24, 2.45) is 56.2 Å². The smallest absolute Gasteiger partial charge is 0.335 e. The Balaban J connectivity index is 1.15. The maximum atomic E-state index is 13.9. The first-order valence-electron chi connectivity index (χ1n) is 28.6. The van der Waals surface area contributed by atoms with Gasteiger partial charge >= 0.3 is 11.9 Å². The third kappa shape index (κ3) is 10.0. The van der Waals surface area contributed by atoms with Crippen LogP contribution in [0.2, 0.25) is 0 Å². The molecule has 0 aromatic carbocycles. The monoisotopic (exact) mass is 1150 g/mol. The quantitative estimate of drug-likeness (QED) is 0.0415. The molecule has 3 aliphatic heterocycles. The van der Waals surface area contributed by atoms with Crippen molar-refractivity contribution in [3.05, 3.63) is 34.9 Å². The zero-order chi connectivity index (χ0) is 60.0. The lowest BCUT2D eigenvalue weighted by atomic mass is 9.32. The number of carbonyl (C=O) groups excluding carboxylic acids is 2. The Kier molecular flexibility index (Phi) is 18.5. The molecule has 460 valence electrons. The van der Waals surface area contributed by atoms with E-state index in [1.165, 1.54) is 0 Å². The van der Waals surface area contributed by atoms with Gasteiger partial charge in [0.25, 0.3) is 0 Å². The fourth-order valence-electron chi connectivity index (χ4n) is 16.7. The molecule has 0 aromatic heterocycles. The van der Waals surface area contributed by atoms with Gasteiger partial charge in [-0.3, -0.25) is 4.79 Å². The number of ether oxygens (including phenoxy) is 7. The van der Waals surface area contributed by atoms with E-state index in [9.17, 15) is 80.8 Å². The molecule has 27 atom stereocenters. The molecule has 8 aliphatic rings. The van der Waals surface area contributed by atoms with Crippen LogP contribution in [0, 0.1) is 56.2 Å². The molecule has 0 spiro atoms. The van der Waals surface area contributed by atoms with Crippen LogP contribution in [0.4, 0.5) is 0 Å². The standard InChI is InChI=1S/C58H90O23/c1-11-25(3)30(63)19-28-47(81-49(74)26(4)12-2)58(24-62)29(20-53(28,5)6)27-13-14-34-54(7)17-16-35(55(8,23-61)33(54)15-18-56(34,9)57(27,10)45(70)46(58)71)77-52-44(80-51-40(68)38(66)36(64)31(21-59)75-51)42(41(69)43(79-52)48(72)73)78-50-39(67)37(65)32(22-60)76-50/h11-13,28-29,31-47,50-52,59-62,64-71H,14-24H2,1-10H3,(H,72,73)/b25-11-,26-12-/t28-,29?,31?,32+,33?,34?,35-,36-,37?,38-,39-,40?,41+,42-,43?,44?,45-,46+,47-,50-,51-,52+,54-,55+,56+,57-,58-/m0/s1. The predicted octanol–water partition coefficient (Wildman–Crippen LogP) is -0.101. The van der Waals surface area contributed by atoms with Gasteiger partial charge in [0.1, 0.15) is 67.1 Å². The number of allylic oxidation sites excluding steroid dienone is 4. The molecule has 0 aromatic rings. The second-order valence-corrected chi connectivity index (χ2v) is 26.3. The largest absolute Gasteiger partial charge is 0.479 e. The number of hydrogen-bond acceptors (Lipinski definition) is 22. The average molecular weight is 1160 g/mol. The predicted molar refractivity (Wildman–Crippen MR) is 281 cm³/mol. The number of carboxylic acids is 1. The minimum absolute atomic E-state index is 0.0386. The first-order valence-corrected chi connectivity index (χ1v) is 28.6. The number of carbonyl (C=O) groups is 3. The van der Waals surface area contributed by atoms with Crippen LogP contribution in [-0.4, -0.2) is 221 Å². The summed E-state index contributed by atoms with van der Waals surface area (Å²) in [6.45, 7) is 16.1. The van der Waals surface area contributed by atoms with E-state index in [0.717, 1.165) is 5.57 Å². The van der Waals surface area contributed by atoms with E-state index in [1.54, 1.807) is 39.8 Å². The van der Waals surface area contributed by atoms with Crippen molar-refractivity contribution in [3.8, 4) is 0 Å². The van der Waals surface area contributed by atoms with Crippen LogP contribution in [0.15, 0.2) is 34.9 Å². The SMILES string of the molecule is C/C=C(/C)C(=O)C[C@H]1[C@H](OC(=O)/C(C)=C\C)[C@@]2(CO)C(CC1(C)C)C1=CCC3[C@@]4(C)CC[C@H](O[C@@H]5OC(C(=O)O)[C@H](O)[C@H](O[C@@H]6O[C@H](CO)C(O)[C@@H]6O)C5O[C@@H]5OC(CO)[C@H](O)[C@H](O)C5O)[C@](C)(CO)C4CC[C@@]3(C)[C@]1(C)[C@@H](O)[C@H]2O. The first-order chi connectivity index (χ1) is 37.9. The second-order valence-electron chi connectivity index (χ2n) is 26.3. The molecule has 13 N–H and O–H groups in total. The van der Waals surface area contributed by atoms with Gasteiger partial charge in [0.2, 0.25) is 0 Å². The third-order valence-corrected chi connectivity index (χ3v) is 22.1. The summed E-state index contributed by atoms with van der Waals surface area (Å²) in [6, 6.07) is 0. The molecule has 23 nitrogen and oxygen atoms in total. The molecule has 0 bridgehead atoms. The topological polar surface area (TPSA) is 379 Å². The van der Waals surface area contributed by atoms with Crippen molar-refractivity contribution in [2.45, 2.75) is 225 Å². The summed E-state index contributed by atoms with van der Waals surface area (Å²) >= 11 is 0. The Morgan fingerprint density at radius 3 is 1.80 bits per heavy atom. The molecule has 3 heterocycles. The summed E-state index contributed by atoms with van der Waals surface area (Å²) in [7, 11) is 0. The van der Waals surface area contributed by atoms with E-state index in [2.05, 4.69) is 19.9 Å². The first kappa shape index (κ1) is 64.1. The molecule has 23 heteroatoms. The molecule has 4 saturated carbocycles. The molecule has 5 aliphatic carbocycles. The van der Waals surface area contributed by atoms with Crippen LogP contribution in [0.3, 0.4) is 0 Å². The summed E-state index contributed by atoms with van der Waals surface area (Å²) in [5.41, 5.74) is -4.47. The van der Waals surface area contributed by atoms with E-state index in [4.69, 9.17) is 33.2 Å². The molecule has 8 rings (SSSR count). The normalized spacial score (nSPS) is 49.8. The van der Waals surface area contributed by atoms with E-state index >= 15 is 0 Å². The van der Waals surface area contributed by atoms with Gasteiger partial charge in [-0.1, -0.05) is 65.3 Å². The number of esters is 1. The number of carboxylic acid groups (broad SMARTS) is 1. The summed E-state index contributed by atoms with van der Waals surface area (Å²) < 4.78 is 42.8. The number of aliphatic hydroxyl groups excluding tert-OH is 12. The van der Waals surface area contributed by atoms with Gasteiger partial charge in [0.15, 0.2) is 30.8 Å². The molecule has 0 amide bonds. The number of ketones is 1. The van der Waals surface area contributed by atoms with Crippen LogP contribution in [0.1, 0.15) is 114 Å². The van der Waals surface area contributed by atoms with Gasteiger partial charge < -0.3 is 99.5 Å². The van der Waals surface area contributed by atoms with Crippen molar-refractivity contribution in [3.63, 3.8) is 0 Å². The van der Waals surface area contributed by atoms with E-state index < -0.39 is 193 Å². The Hall–Kier alpha value is -2.89. The summed E-state index contributed by atoms with van der Waals surface area (Å²) in [6.07, 6.45) is -23.7. The average Bonchev–Trinajstić information content (AvgIpc) is 1.99. The molecule has 7 fully saturated rings. The molecular formula is C58H90O23. The van der Waals surface area contributed by atoms with Crippen LogP contribution in [0.25, 0.3) is 0 Å². The minimum atomic E-state index is -2.17. The Labute approximate surface area is 472 Å². The summed E-state index contributed by atoms with van der Waals surface area (Å²) in [4.78, 5) is 40.6. The second kappa shape index (κ2) is 23.4. The highest BCUT2D eigenvalue weighted by Gasteiger charge is 2.76. The van der Waals surface area contributed by atoms with Gasteiger partial charge in [-0.05, 0) is 106 Å². The van der Waals surface area contributed by atoms with Crippen molar-refractivity contribution < 1.29 is 114 Å². The molecule has 3 saturated heterocycles. The van der Waals surface area contributed by atoms with Crippen LogP contribution < -0.4 is 0 Å². The number of aliphatic carboxylic acids is 1. The highest BCUT2D eigenvalue weighted by atomic mass is 16.8. The van der Waals surface area contributed by atoms with Gasteiger partial charge in [-0.15, -0.1) is 0 Å². The Morgan fingerprint density at radius 2 is 1.25 bits per heavy atom. The summed E-state index contributed by atoms with van der Waals surface area (Å²) in [5.74, 6) is -4.45. The lowest BCUT2D eigenvalue weighted by Gasteiger charge is -2.73. The fourth-order valence-corrected chi connectivity index (χ4v) is 16.7. The highest BCUT2D eigenvalue weighted by Crippen LogP contribution is 2.76. The van der Waals surface area contributed by atoms with Gasteiger partial charge in [-0.25, -0.2) is 9.59 Å². The molecule has 8 unspecified atom stereocenters. The maximum absolute atomic E-state index is 13.9. The third-order valence-electron chi connectivity index (χ3n) is 22.1. The molecule has 0 radical (unpaired) electrons. The van der Waals surface area contributed by atoms with E-state index in [0.29, 0.717) is 43.3 Å². The van der Waals surface area contributed by atoms with Crippen LogP contribution >= 0.6 is 0 Å². The van der Waals surface area contributed by atoms with E-state index in [1.807, 2.05) is 27.7 Å². The number of hydrogen-bond donors (Lipinski definition) is 13. The minimum Gasteiger partial charge on any atom is -0.479 e. The van der Waals surface area contributed by atoms with Crippen molar-refractivity contribution in [1.82, 2.24) is 0 Å². The van der Waals surface area contributed by atoms with Crippen molar-refractivity contribution in [2.75, 3.05) is 26.4 Å².